The van der Waals surface area contributed by atoms with Crippen molar-refractivity contribution < 1.29 is 9.26 Å². The Morgan fingerprint density at radius 3 is 2.86 bits per heavy atom. The summed E-state index contributed by atoms with van der Waals surface area (Å²) in [5, 5.41) is 4.67. The van der Waals surface area contributed by atoms with Gasteiger partial charge in [-0.1, -0.05) is 22.8 Å². The molecule has 0 amide bonds. The SMILES string of the molecule is CCOc1ccc(CN(C)Cc2nc(C3CC3)no2)cc1Cl. The second-order valence-corrected chi connectivity index (χ2v) is 6.10. The highest BCUT2D eigenvalue weighted by Crippen LogP contribution is 2.38. The van der Waals surface area contributed by atoms with Crippen LogP contribution in [0.3, 0.4) is 0 Å². The van der Waals surface area contributed by atoms with Crippen molar-refractivity contribution in [1.29, 1.82) is 0 Å². The molecular formula is C16H20ClN3O2. The lowest BCUT2D eigenvalue weighted by atomic mass is 10.2. The molecule has 6 heteroatoms. The topological polar surface area (TPSA) is 51.4 Å². The highest BCUT2D eigenvalue weighted by molar-refractivity contribution is 6.32. The summed E-state index contributed by atoms with van der Waals surface area (Å²) in [5.74, 6) is 2.77. The second-order valence-electron chi connectivity index (χ2n) is 5.69. The van der Waals surface area contributed by atoms with E-state index in [2.05, 4.69) is 15.0 Å². The number of hydrogen-bond acceptors (Lipinski definition) is 5. The van der Waals surface area contributed by atoms with Crippen LogP contribution in [-0.4, -0.2) is 28.7 Å². The highest BCUT2D eigenvalue weighted by Gasteiger charge is 2.28. The third-order valence-electron chi connectivity index (χ3n) is 3.58. The first-order chi connectivity index (χ1) is 10.7. The molecule has 1 aliphatic carbocycles. The number of nitrogens with zero attached hydrogens (tertiary/aromatic N) is 3. The van der Waals surface area contributed by atoms with Gasteiger partial charge < -0.3 is 9.26 Å². The summed E-state index contributed by atoms with van der Waals surface area (Å²) in [5.41, 5.74) is 1.12. The number of hydrogen-bond donors (Lipinski definition) is 0. The highest BCUT2D eigenvalue weighted by atomic mass is 35.5. The van der Waals surface area contributed by atoms with Crippen LogP contribution >= 0.6 is 11.6 Å². The van der Waals surface area contributed by atoms with Crippen LogP contribution in [0.25, 0.3) is 0 Å². The molecule has 0 bridgehead atoms. The second kappa shape index (κ2) is 6.67. The fraction of sp³-hybridized carbons (Fsp3) is 0.500. The van der Waals surface area contributed by atoms with Gasteiger partial charge in [-0.15, -0.1) is 0 Å². The van der Waals surface area contributed by atoms with Crippen LogP contribution in [-0.2, 0) is 13.1 Å². The van der Waals surface area contributed by atoms with Crippen LogP contribution in [0.5, 0.6) is 5.75 Å². The van der Waals surface area contributed by atoms with E-state index in [1.165, 1.54) is 12.8 Å². The minimum atomic E-state index is 0.521. The van der Waals surface area contributed by atoms with E-state index in [1.54, 1.807) is 0 Å². The molecule has 0 spiro atoms. The summed E-state index contributed by atoms with van der Waals surface area (Å²) in [6.45, 7) is 3.94. The maximum absolute atomic E-state index is 6.21. The molecule has 1 aromatic carbocycles. The molecule has 1 aromatic heterocycles. The van der Waals surface area contributed by atoms with Gasteiger partial charge in [-0.05, 0) is 44.5 Å². The summed E-state index contributed by atoms with van der Waals surface area (Å²) >= 11 is 6.21. The quantitative estimate of drug-likeness (QED) is 0.779. The largest absolute Gasteiger partial charge is 0.492 e. The van der Waals surface area contributed by atoms with Gasteiger partial charge in [-0.25, -0.2) is 0 Å². The van der Waals surface area contributed by atoms with Crippen molar-refractivity contribution in [2.24, 2.45) is 0 Å². The van der Waals surface area contributed by atoms with Crippen LogP contribution in [0, 0.1) is 0 Å². The molecule has 118 valence electrons. The molecule has 0 saturated heterocycles. The average molecular weight is 322 g/mol. The number of benzene rings is 1. The zero-order valence-electron chi connectivity index (χ0n) is 12.9. The molecule has 0 aliphatic heterocycles. The Morgan fingerprint density at radius 2 is 2.18 bits per heavy atom. The summed E-state index contributed by atoms with van der Waals surface area (Å²) in [6, 6.07) is 5.87. The first-order valence-electron chi connectivity index (χ1n) is 7.58. The summed E-state index contributed by atoms with van der Waals surface area (Å²) in [6.07, 6.45) is 2.36. The Bertz CT molecular complexity index is 640. The van der Waals surface area contributed by atoms with Gasteiger partial charge in [0, 0.05) is 12.5 Å². The Morgan fingerprint density at radius 1 is 1.36 bits per heavy atom. The third kappa shape index (κ3) is 3.78. The molecule has 22 heavy (non-hydrogen) atoms. The predicted molar refractivity (Wildman–Crippen MR) is 84.1 cm³/mol. The molecule has 2 aromatic rings. The summed E-state index contributed by atoms with van der Waals surface area (Å²) in [7, 11) is 2.02. The van der Waals surface area contributed by atoms with Crippen LogP contribution in [0.15, 0.2) is 22.7 Å². The van der Waals surface area contributed by atoms with Crippen molar-refractivity contribution in [3.8, 4) is 5.75 Å². The molecule has 1 aliphatic rings. The molecule has 1 heterocycles. The first kappa shape index (κ1) is 15.3. The molecule has 0 radical (unpaired) electrons. The fourth-order valence-corrected chi connectivity index (χ4v) is 2.61. The summed E-state index contributed by atoms with van der Waals surface area (Å²) < 4.78 is 10.7. The van der Waals surface area contributed by atoms with E-state index in [4.69, 9.17) is 20.9 Å². The number of aromatic nitrogens is 2. The van der Waals surface area contributed by atoms with Crippen molar-refractivity contribution in [2.45, 2.75) is 38.8 Å². The zero-order valence-corrected chi connectivity index (χ0v) is 13.6. The van der Waals surface area contributed by atoms with Gasteiger partial charge >= 0.3 is 0 Å². The van der Waals surface area contributed by atoms with Crippen LogP contribution in [0.2, 0.25) is 5.02 Å². The van der Waals surface area contributed by atoms with Crippen LogP contribution < -0.4 is 4.74 Å². The van der Waals surface area contributed by atoms with Gasteiger partial charge in [-0.2, -0.15) is 4.98 Å². The maximum atomic E-state index is 6.21. The van der Waals surface area contributed by atoms with Crippen LogP contribution in [0.1, 0.15) is 43.0 Å². The molecule has 5 nitrogen and oxygen atoms in total. The van der Waals surface area contributed by atoms with Gasteiger partial charge in [0.1, 0.15) is 5.75 Å². The molecule has 0 unspecified atom stereocenters. The number of halogens is 1. The van der Waals surface area contributed by atoms with Gasteiger partial charge in [0.05, 0.1) is 18.2 Å². The molecule has 0 N–H and O–H groups in total. The Kier molecular flexibility index (Phi) is 4.64. The minimum absolute atomic E-state index is 0.521. The standard InChI is InChI=1S/C16H20ClN3O2/c1-3-21-14-7-4-11(8-13(14)17)9-20(2)10-15-18-16(19-22-15)12-5-6-12/h4,7-8,12H,3,5-6,9-10H2,1-2H3. The van der Waals surface area contributed by atoms with E-state index in [0.717, 1.165) is 23.7 Å². The van der Waals surface area contributed by atoms with Gasteiger partial charge in [0.15, 0.2) is 5.82 Å². The lowest BCUT2D eigenvalue weighted by Gasteiger charge is -2.15. The Balaban J connectivity index is 1.58. The van der Waals surface area contributed by atoms with Crippen molar-refractivity contribution in [2.75, 3.05) is 13.7 Å². The Hall–Kier alpha value is -1.59. The molecule has 1 fully saturated rings. The average Bonchev–Trinajstić information content (AvgIpc) is 3.23. The third-order valence-corrected chi connectivity index (χ3v) is 3.88. The van der Waals surface area contributed by atoms with E-state index >= 15 is 0 Å². The van der Waals surface area contributed by atoms with Crippen molar-refractivity contribution >= 4 is 11.6 Å². The van der Waals surface area contributed by atoms with E-state index in [-0.39, 0.29) is 0 Å². The molecule has 3 rings (SSSR count). The van der Waals surface area contributed by atoms with Gasteiger partial charge in [0.2, 0.25) is 5.89 Å². The minimum Gasteiger partial charge on any atom is -0.492 e. The van der Waals surface area contributed by atoms with E-state index in [0.29, 0.717) is 30.0 Å². The molecular weight excluding hydrogens is 302 g/mol. The maximum Gasteiger partial charge on any atom is 0.240 e. The molecule has 1 saturated carbocycles. The summed E-state index contributed by atoms with van der Waals surface area (Å²) in [4.78, 5) is 6.57. The number of ether oxygens (including phenoxy) is 1. The predicted octanol–water partition coefficient (Wildman–Crippen LogP) is 3.63. The monoisotopic (exact) mass is 321 g/mol. The van der Waals surface area contributed by atoms with Crippen LogP contribution in [0.4, 0.5) is 0 Å². The van der Waals surface area contributed by atoms with Gasteiger partial charge in [0.25, 0.3) is 0 Å². The Labute approximate surface area is 135 Å². The lowest BCUT2D eigenvalue weighted by molar-refractivity contribution is 0.260. The zero-order chi connectivity index (χ0) is 15.5. The van der Waals surface area contributed by atoms with E-state index < -0.39 is 0 Å². The normalized spacial score (nSPS) is 14.5. The van der Waals surface area contributed by atoms with Crippen molar-refractivity contribution in [3.05, 3.63) is 40.5 Å². The lowest BCUT2D eigenvalue weighted by Crippen LogP contribution is -2.17. The van der Waals surface area contributed by atoms with E-state index in [1.807, 2.05) is 32.2 Å². The fourth-order valence-electron chi connectivity index (χ4n) is 2.35. The number of rotatable bonds is 7. The van der Waals surface area contributed by atoms with Gasteiger partial charge in [-0.3, -0.25) is 4.90 Å². The van der Waals surface area contributed by atoms with Crippen molar-refractivity contribution in [3.63, 3.8) is 0 Å². The van der Waals surface area contributed by atoms with E-state index in [9.17, 15) is 0 Å². The molecule has 0 atom stereocenters. The first-order valence-corrected chi connectivity index (χ1v) is 7.95. The smallest absolute Gasteiger partial charge is 0.240 e. The van der Waals surface area contributed by atoms with Crippen molar-refractivity contribution in [1.82, 2.24) is 15.0 Å².